The molecule has 0 aliphatic heterocycles. The summed E-state index contributed by atoms with van der Waals surface area (Å²) in [4.78, 5) is 0. The first-order valence-electron chi connectivity index (χ1n) is 6.51. The van der Waals surface area contributed by atoms with Crippen LogP contribution >= 0.6 is 15.9 Å². The van der Waals surface area contributed by atoms with Crippen LogP contribution in [0, 0.1) is 17.5 Å². The van der Waals surface area contributed by atoms with Gasteiger partial charge < -0.3 is 9.63 Å². The average molecular weight is 384 g/mol. The summed E-state index contributed by atoms with van der Waals surface area (Å²) in [5.74, 6) is -3.95. The van der Waals surface area contributed by atoms with Crippen molar-refractivity contribution in [2.45, 2.75) is 6.61 Å². The average Bonchev–Trinajstić information content (AvgIpc) is 2.96. The fraction of sp³-hybridized carbons (Fsp3) is 0.0625. The number of hydrogen-bond acceptors (Lipinski definition) is 3. The van der Waals surface area contributed by atoms with Crippen molar-refractivity contribution in [1.82, 2.24) is 5.16 Å². The van der Waals surface area contributed by atoms with E-state index in [1.165, 1.54) is 0 Å². The first-order valence-corrected chi connectivity index (χ1v) is 7.31. The van der Waals surface area contributed by atoms with Crippen LogP contribution in [0.15, 0.2) is 45.4 Å². The van der Waals surface area contributed by atoms with Crippen LogP contribution in [0.2, 0.25) is 0 Å². The number of hydrogen-bond donors (Lipinski definition) is 1. The molecule has 3 rings (SSSR count). The lowest BCUT2D eigenvalue weighted by molar-refractivity contribution is 0.281. The Morgan fingerprint density at radius 1 is 1.00 bits per heavy atom. The third-order valence-corrected chi connectivity index (χ3v) is 3.84. The minimum absolute atomic E-state index is 0.0161. The van der Waals surface area contributed by atoms with E-state index in [9.17, 15) is 18.3 Å². The highest BCUT2D eigenvalue weighted by atomic mass is 79.9. The standard InChI is InChI=1S/C16H9BrF3NO2/c17-10-3-1-8(2-4-10)16-11(7-22)15(21-23-16)9-5-12(18)14(20)13(19)6-9/h1-6,22H,7H2. The molecule has 0 amide bonds. The number of rotatable bonds is 3. The number of aromatic nitrogens is 1. The summed E-state index contributed by atoms with van der Waals surface area (Å²) in [6, 6.07) is 8.63. The van der Waals surface area contributed by atoms with E-state index in [1.54, 1.807) is 24.3 Å². The Kier molecular flexibility index (Phi) is 4.23. The molecule has 1 N–H and O–H groups in total. The van der Waals surface area contributed by atoms with Crippen LogP contribution in [0.3, 0.4) is 0 Å². The second-order valence-electron chi connectivity index (χ2n) is 4.76. The molecule has 118 valence electrons. The molecule has 0 atom stereocenters. The second kappa shape index (κ2) is 6.17. The van der Waals surface area contributed by atoms with Crippen LogP contribution in [0.5, 0.6) is 0 Å². The molecule has 0 radical (unpaired) electrons. The van der Waals surface area contributed by atoms with Gasteiger partial charge in [0.1, 0.15) is 5.69 Å². The van der Waals surface area contributed by atoms with Gasteiger partial charge in [0, 0.05) is 15.6 Å². The van der Waals surface area contributed by atoms with E-state index in [-0.39, 0.29) is 22.6 Å². The molecule has 0 saturated carbocycles. The van der Waals surface area contributed by atoms with Crippen molar-refractivity contribution < 1.29 is 22.8 Å². The topological polar surface area (TPSA) is 46.3 Å². The smallest absolute Gasteiger partial charge is 0.194 e. The zero-order valence-corrected chi connectivity index (χ0v) is 13.1. The molecule has 23 heavy (non-hydrogen) atoms. The van der Waals surface area contributed by atoms with Gasteiger partial charge >= 0.3 is 0 Å². The van der Waals surface area contributed by atoms with E-state index in [1.807, 2.05) is 0 Å². The van der Waals surface area contributed by atoms with Gasteiger partial charge in [0.2, 0.25) is 0 Å². The fourth-order valence-corrected chi connectivity index (χ4v) is 2.47. The van der Waals surface area contributed by atoms with E-state index < -0.39 is 24.1 Å². The molecule has 0 aliphatic rings. The zero-order valence-electron chi connectivity index (χ0n) is 11.5. The van der Waals surface area contributed by atoms with Crippen molar-refractivity contribution in [1.29, 1.82) is 0 Å². The van der Waals surface area contributed by atoms with Gasteiger partial charge in [-0.05, 0) is 24.3 Å². The molecule has 2 aromatic carbocycles. The van der Waals surface area contributed by atoms with E-state index in [0.717, 1.165) is 16.6 Å². The third kappa shape index (κ3) is 2.89. The Balaban J connectivity index is 2.13. The number of benzene rings is 2. The SMILES string of the molecule is OCc1c(-c2cc(F)c(F)c(F)c2)noc1-c1ccc(Br)cc1. The van der Waals surface area contributed by atoms with E-state index >= 15 is 0 Å². The van der Waals surface area contributed by atoms with E-state index in [0.29, 0.717) is 5.56 Å². The number of aliphatic hydroxyl groups excluding tert-OH is 1. The van der Waals surface area contributed by atoms with Gasteiger partial charge in [0.25, 0.3) is 0 Å². The summed E-state index contributed by atoms with van der Waals surface area (Å²) in [7, 11) is 0. The van der Waals surface area contributed by atoms with Crippen molar-refractivity contribution >= 4 is 15.9 Å². The Hall–Kier alpha value is -2.12. The largest absolute Gasteiger partial charge is 0.391 e. The van der Waals surface area contributed by atoms with Crippen molar-refractivity contribution in [2.24, 2.45) is 0 Å². The van der Waals surface area contributed by atoms with Gasteiger partial charge in [-0.1, -0.05) is 33.2 Å². The van der Waals surface area contributed by atoms with Crippen LogP contribution in [0.4, 0.5) is 13.2 Å². The first kappa shape index (κ1) is 15.8. The molecular weight excluding hydrogens is 375 g/mol. The quantitative estimate of drug-likeness (QED) is 0.667. The Morgan fingerprint density at radius 3 is 2.17 bits per heavy atom. The summed E-state index contributed by atoms with van der Waals surface area (Å²) < 4.78 is 45.9. The fourth-order valence-electron chi connectivity index (χ4n) is 2.20. The van der Waals surface area contributed by atoms with Crippen LogP contribution in [0.25, 0.3) is 22.6 Å². The second-order valence-corrected chi connectivity index (χ2v) is 5.67. The molecule has 0 saturated heterocycles. The molecule has 0 aliphatic carbocycles. The molecule has 1 heterocycles. The van der Waals surface area contributed by atoms with Gasteiger partial charge in [-0.25, -0.2) is 13.2 Å². The van der Waals surface area contributed by atoms with Crippen molar-refractivity contribution in [3.8, 4) is 22.6 Å². The molecule has 3 nitrogen and oxygen atoms in total. The van der Waals surface area contributed by atoms with Crippen LogP contribution in [0.1, 0.15) is 5.56 Å². The normalized spacial score (nSPS) is 11.0. The van der Waals surface area contributed by atoms with Crippen LogP contribution in [-0.2, 0) is 6.61 Å². The molecule has 1 aromatic heterocycles. The molecule has 3 aromatic rings. The monoisotopic (exact) mass is 383 g/mol. The summed E-state index contributed by atoms with van der Waals surface area (Å²) in [5, 5.41) is 13.4. The van der Waals surface area contributed by atoms with Crippen molar-refractivity contribution in [3.05, 3.63) is 63.9 Å². The first-order chi connectivity index (χ1) is 11.0. The Labute approximate surface area is 137 Å². The summed E-state index contributed by atoms with van der Waals surface area (Å²) >= 11 is 3.30. The minimum Gasteiger partial charge on any atom is -0.391 e. The number of halogens is 4. The Bertz CT molecular complexity index is 839. The molecule has 0 unspecified atom stereocenters. The number of aliphatic hydroxyl groups is 1. The highest BCUT2D eigenvalue weighted by molar-refractivity contribution is 9.10. The van der Waals surface area contributed by atoms with E-state index in [4.69, 9.17) is 4.52 Å². The lowest BCUT2D eigenvalue weighted by atomic mass is 10.0. The lowest BCUT2D eigenvalue weighted by Gasteiger charge is -2.03. The van der Waals surface area contributed by atoms with Gasteiger partial charge in [-0.15, -0.1) is 0 Å². The van der Waals surface area contributed by atoms with Crippen molar-refractivity contribution in [2.75, 3.05) is 0 Å². The van der Waals surface area contributed by atoms with Gasteiger partial charge in [0.05, 0.1) is 12.2 Å². The molecular formula is C16H9BrF3NO2. The highest BCUT2D eigenvalue weighted by Gasteiger charge is 2.21. The van der Waals surface area contributed by atoms with Gasteiger partial charge in [-0.3, -0.25) is 0 Å². The maximum Gasteiger partial charge on any atom is 0.194 e. The molecule has 0 spiro atoms. The van der Waals surface area contributed by atoms with Gasteiger partial charge in [0.15, 0.2) is 23.2 Å². The predicted octanol–water partition coefficient (Wildman–Crippen LogP) is 4.68. The van der Waals surface area contributed by atoms with Crippen LogP contribution < -0.4 is 0 Å². The maximum absolute atomic E-state index is 13.4. The van der Waals surface area contributed by atoms with Crippen LogP contribution in [-0.4, -0.2) is 10.3 Å². The third-order valence-electron chi connectivity index (χ3n) is 3.31. The lowest BCUT2D eigenvalue weighted by Crippen LogP contribution is -1.94. The Morgan fingerprint density at radius 2 is 1.61 bits per heavy atom. The summed E-state index contributed by atoms with van der Waals surface area (Å²) in [6.07, 6.45) is 0. The molecule has 0 fully saturated rings. The highest BCUT2D eigenvalue weighted by Crippen LogP contribution is 2.33. The minimum atomic E-state index is -1.56. The van der Waals surface area contributed by atoms with Crippen molar-refractivity contribution in [3.63, 3.8) is 0 Å². The van der Waals surface area contributed by atoms with Gasteiger partial charge in [-0.2, -0.15) is 0 Å². The van der Waals surface area contributed by atoms with E-state index in [2.05, 4.69) is 21.1 Å². The molecule has 0 bridgehead atoms. The number of nitrogens with zero attached hydrogens (tertiary/aromatic N) is 1. The molecule has 7 heteroatoms. The summed E-state index contributed by atoms with van der Waals surface area (Å²) in [6.45, 7) is -0.454. The predicted molar refractivity (Wildman–Crippen MR) is 80.9 cm³/mol. The maximum atomic E-state index is 13.4. The zero-order chi connectivity index (χ0) is 16.6. The summed E-state index contributed by atoms with van der Waals surface area (Å²) in [5.41, 5.74) is 0.942.